The Morgan fingerprint density at radius 1 is 1.29 bits per heavy atom. The van der Waals surface area contributed by atoms with E-state index >= 15 is 0 Å². The van der Waals surface area contributed by atoms with E-state index in [9.17, 15) is 36.6 Å². The molecule has 0 spiro atoms. The Morgan fingerprint density at radius 3 is 2.57 bits per heavy atom. The summed E-state index contributed by atoms with van der Waals surface area (Å²) in [6.45, 7) is 0.602. The predicted molar refractivity (Wildman–Crippen MR) is 111 cm³/mol. The number of hydrogen-bond acceptors (Lipinski definition) is 6. The van der Waals surface area contributed by atoms with Gasteiger partial charge in [-0.15, -0.1) is 0 Å². The van der Waals surface area contributed by atoms with Crippen molar-refractivity contribution in [2.75, 3.05) is 7.11 Å². The molecule has 35 heavy (non-hydrogen) atoms. The van der Waals surface area contributed by atoms with Crippen LogP contribution in [-0.2, 0) is 4.74 Å². The van der Waals surface area contributed by atoms with Gasteiger partial charge in [0.2, 0.25) is 5.82 Å². The van der Waals surface area contributed by atoms with Crippen molar-refractivity contribution in [1.29, 1.82) is 0 Å². The minimum absolute atomic E-state index is 0.00556. The molecule has 4 atom stereocenters. The Kier molecular flexibility index (Phi) is 5.80. The number of alkyl halides is 3. The molecule has 0 aliphatic carbocycles. The van der Waals surface area contributed by atoms with Crippen molar-refractivity contribution in [2.24, 2.45) is 5.73 Å². The fourth-order valence-corrected chi connectivity index (χ4v) is 4.32. The van der Waals surface area contributed by atoms with Gasteiger partial charge < -0.3 is 25.3 Å². The summed E-state index contributed by atoms with van der Waals surface area (Å²) >= 11 is 0. The number of methoxy groups -OCH3 is 1. The highest BCUT2D eigenvalue weighted by Gasteiger charge is 2.66. The number of aliphatic hydroxyl groups excluding tert-OH is 1. The van der Waals surface area contributed by atoms with E-state index in [4.69, 9.17) is 15.2 Å². The molecule has 1 aliphatic heterocycles. The maximum absolute atomic E-state index is 14.4. The molecule has 4 rings (SSSR count). The van der Waals surface area contributed by atoms with E-state index in [0.29, 0.717) is 13.0 Å². The molecule has 186 valence electrons. The highest BCUT2D eigenvalue weighted by Crippen LogP contribution is 2.56. The third-order valence-electron chi connectivity index (χ3n) is 6.11. The number of nitrogens with one attached hydrogen (secondary N) is 1. The fraction of sp³-hybridized carbons (Fsp3) is 0.318. The minimum atomic E-state index is -5.09. The first-order valence-electron chi connectivity index (χ1n) is 10.1. The number of hydrogen-bond donors (Lipinski definition) is 3. The summed E-state index contributed by atoms with van der Waals surface area (Å²) in [5, 5.41) is 10.6. The normalized spacial score (nSPS) is 24.6. The summed E-state index contributed by atoms with van der Waals surface area (Å²) in [7, 11) is 0.984. The van der Waals surface area contributed by atoms with E-state index in [1.54, 1.807) is 0 Å². The van der Waals surface area contributed by atoms with Crippen molar-refractivity contribution in [3.8, 4) is 5.75 Å². The van der Waals surface area contributed by atoms with E-state index < -0.39 is 58.6 Å². The lowest BCUT2D eigenvalue weighted by Crippen LogP contribution is -2.50. The highest BCUT2D eigenvalue weighted by atomic mass is 19.4. The van der Waals surface area contributed by atoms with Crippen molar-refractivity contribution in [3.05, 3.63) is 69.3 Å². The number of rotatable bonds is 4. The van der Waals surface area contributed by atoms with Crippen LogP contribution >= 0.6 is 0 Å². The summed E-state index contributed by atoms with van der Waals surface area (Å²) in [5.74, 6) is -6.18. The Labute approximate surface area is 193 Å². The molecule has 0 bridgehead atoms. The molecule has 0 saturated carbocycles. The monoisotopic (exact) mass is 499 g/mol. The first-order chi connectivity index (χ1) is 16.3. The number of aliphatic hydroxyl groups is 1. The van der Waals surface area contributed by atoms with Gasteiger partial charge in [0.1, 0.15) is 17.9 Å². The number of carbonyl (C=O) groups is 1. The van der Waals surface area contributed by atoms with Crippen LogP contribution in [0.2, 0.25) is 0 Å². The summed E-state index contributed by atoms with van der Waals surface area (Å²) in [6.07, 6.45) is -7.95. The van der Waals surface area contributed by atoms with Crippen LogP contribution in [0, 0.1) is 11.6 Å². The molecule has 3 aromatic rings. The number of aromatic amines is 1. The zero-order valence-corrected chi connectivity index (χ0v) is 18.1. The van der Waals surface area contributed by atoms with Crippen LogP contribution in [0.1, 0.15) is 40.7 Å². The molecule has 1 aromatic carbocycles. The second-order valence-corrected chi connectivity index (χ2v) is 8.13. The first-order valence-corrected chi connectivity index (χ1v) is 10.1. The van der Waals surface area contributed by atoms with Crippen LogP contribution in [0.4, 0.5) is 22.0 Å². The van der Waals surface area contributed by atoms with Gasteiger partial charge in [0.05, 0.1) is 18.0 Å². The van der Waals surface area contributed by atoms with Crippen LogP contribution in [0.5, 0.6) is 5.75 Å². The van der Waals surface area contributed by atoms with Gasteiger partial charge in [0.15, 0.2) is 22.6 Å². The second kappa shape index (κ2) is 8.27. The van der Waals surface area contributed by atoms with Crippen molar-refractivity contribution in [2.45, 2.75) is 36.8 Å². The van der Waals surface area contributed by atoms with E-state index in [1.165, 1.54) is 6.07 Å². The molecular formula is C22H18F5N3O5. The number of nitrogens with zero attached hydrogens (tertiary/aromatic N) is 1. The molecule has 3 heterocycles. The third kappa shape index (κ3) is 3.71. The third-order valence-corrected chi connectivity index (χ3v) is 6.11. The number of H-pyrrole nitrogens is 1. The number of benzene rings is 1. The lowest BCUT2D eigenvalue weighted by Gasteiger charge is -2.30. The maximum Gasteiger partial charge on any atom is 0.419 e. The SMILES string of the molecule is COc1c([C@H]2[C@H](c3cc(=O)c4c(C(N)=O)nccc4[nH]3)O[C@@](C)(C(F)(F)F)[C@H]2O)ccc(F)c1F. The molecule has 13 heteroatoms. The summed E-state index contributed by atoms with van der Waals surface area (Å²) in [5.41, 5.74) is 0.386. The van der Waals surface area contributed by atoms with Gasteiger partial charge in [-0.05, 0) is 19.1 Å². The Bertz CT molecular complexity index is 1390. The fourth-order valence-electron chi connectivity index (χ4n) is 4.32. The maximum atomic E-state index is 14.4. The number of fused-ring (bicyclic) bond motifs is 1. The quantitative estimate of drug-likeness (QED) is 0.474. The predicted octanol–water partition coefficient (Wildman–Crippen LogP) is 2.85. The number of pyridine rings is 2. The molecule has 1 saturated heterocycles. The number of halogens is 5. The molecule has 8 nitrogen and oxygen atoms in total. The van der Waals surface area contributed by atoms with Gasteiger partial charge in [-0.2, -0.15) is 17.6 Å². The van der Waals surface area contributed by atoms with Crippen LogP contribution in [0.25, 0.3) is 10.9 Å². The minimum Gasteiger partial charge on any atom is -0.493 e. The highest BCUT2D eigenvalue weighted by molar-refractivity contribution is 6.03. The lowest BCUT2D eigenvalue weighted by atomic mass is 9.82. The standard InChI is InChI=1S/C22H18F5N3O5/c1-21(22(25,26)27)19(32)13(8-3-4-9(23)15(24)17(8)34-2)18(35-21)11-7-12(31)14-10(30-11)5-6-29-16(14)20(28)33/h3-7,13,18-19,32H,1-2H3,(H2,28,33)(H,30,31)/t13-,18-,19-,21+/m0/s1. The Morgan fingerprint density at radius 2 is 1.97 bits per heavy atom. The molecule has 2 aromatic heterocycles. The van der Waals surface area contributed by atoms with E-state index in [-0.39, 0.29) is 27.9 Å². The van der Waals surface area contributed by atoms with Crippen molar-refractivity contribution < 1.29 is 41.3 Å². The molecule has 0 radical (unpaired) electrons. The van der Waals surface area contributed by atoms with Crippen LogP contribution in [0.3, 0.4) is 0 Å². The van der Waals surface area contributed by atoms with Gasteiger partial charge in [0, 0.05) is 29.4 Å². The molecule has 1 fully saturated rings. The number of carbonyl (C=O) groups excluding carboxylic acids is 1. The number of aromatic nitrogens is 2. The van der Waals surface area contributed by atoms with Crippen LogP contribution < -0.4 is 15.9 Å². The number of primary amides is 1. The van der Waals surface area contributed by atoms with Crippen LogP contribution in [-0.4, -0.2) is 46.0 Å². The van der Waals surface area contributed by atoms with Crippen molar-refractivity contribution >= 4 is 16.8 Å². The number of nitrogens with two attached hydrogens (primary N) is 1. The zero-order valence-electron chi connectivity index (χ0n) is 18.1. The summed E-state index contributed by atoms with van der Waals surface area (Å²) in [4.78, 5) is 31.0. The van der Waals surface area contributed by atoms with Crippen molar-refractivity contribution in [3.63, 3.8) is 0 Å². The summed E-state index contributed by atoms with van der Waals surface area (Å²) < 4.78 is 80.4. The van der Waals surface area contributed by atoms with Gasteiger partial charge in [-0.1, -0.05) is 6.07 Å². The average Bonchev–Trinajstić information content (AvgIpc) is 3.06. The Balaban J connectivity index is 1.98. The molecular weight excluding hydrogens is 481 g/mol. The lowest BCUT2D eigenvalue weighted by molar-refractivity contribution is -0.283. The average molecular weight is 499 g/mol. The van der Waals surface area contributed by atoms with Crippen LogP contribution in [0.15, 0.2) is 35.3 Å². The van der Waals surface area contributed by atoms with E-state index in [1.807, 2.05) is 0 Å². The largest absolute Gasteiger partial charge is 0.493 e. The van der Waals surface area contributed by atoms with E-state index in [2.05, 4.69) is 9.97 Å². The summed E-state index contributed by atoms with van der Waals surface area (Å²) in [6, 6.07) is 3.80. The Hall–Kier alpha value is -3.58. The molecule has 1 aliphatic rings. The topological polar surface area (TPSA) is 128 Å². The molecule has 1 amide bonds. The first kappa shape index (κ1) is 24.5. The smallest absolute Gasteiger partial charge is 0.419 e. The van der Waals surface area contributed by atoms with Crippen molar-refractivity contribution in [1.82, 2.24) is 9.97 Å². The number of ether oxygens (including phenoxy) is 2. The zero-order chi connectivity index (χ0) is 25.9. The van der Waals surface area contributed by atoms with Gasteiger partial charge in [0.25, 0.3) is 5.91 Å². The molecule has 0 unspecified atom stereocenters. The second-order valence-electron chi connectivity index (χ2n) is 8.13. The molecule has 4 N–H and O–H groups in total. The van der Waals surface area contributed by atoms with E-state index in [0.717, 1.165) is 25.4 Å². The van der Waals surface area contributed by atoms with Gasteiger partial charge in [-0.3, -0.25) is 14.6 Å². The van der Waals surface area contributed by atoms with Gasteiger partial charge >= 0.3 is 6.18 Å². The number of amides is 1. The van der Waals surface area contributed by atoms with Gasteiger partial charge in [-0.25, -0.2) is 4.39 Å².